The molecule has 0 radical (unpaired) electrons. The van der Waals surface area contributed by atoms with E-state index in [-0.39, 0.29) is 124 Å². The van der Waals surface area contributed by atoms with Gasteiger partial charge >= 0.3 is 28.6 Å². The summed E-state index contributed by atoms with van der Waals surface area (Å²) in [5.41, 5.74) is -1.11. The summed E-state index contributed by atoms with van der Waals surface area (Å²) in [6.45, 7) is 2.87. The first-order valence-electron chi connectivity index (χ1n) is 37.6. The number of nitrogens with one attached hydrogen (secondary N) is 4. The van der Waals surface area contributed by atoms with E-state index in [2.05, 4.69) is 40.9 Å². The molecule has 5 aromatic rings. The molecule has 1 aliphatic carbocycles. The maximum absolute atomic E-state index is 14.6. The zero-order valence-electron chi connectivity index (χ0n) is 63.7. The quantitative estimate of drug-likeness (QED) is 0.0151. The fourth-order valence-electron chi connectivity index (χ4n) is 12.5. The van der Waals surface area contributed by atoms with Gasteiger partial charge in [-0.15, -0.1) is 18.1 Å². The van der Waals surface area contributed by atoms with Crippen LogP contribution in [0.25, 0.3) is 11.2 Å². The molecule has 5 aliphatic rings. The predicted molar refractivity (Wildman–Crippen MR) is 399 cm³/mol. The minimum Gasteiger partial charge on any atom is -0.479 e. The minimum atomic E-state index is -3.02. The molecular weight excluding hydrogens is 1590 g/mol. The van der Waals surface area contributed by atoms with E-state index in [1.807, 2.05) is 0 Å². The fraction of sp³-hybridized carbons (Fsp3) is 0.583. The number of nitrogens with zero attached hydrogens (tertiary/aromatic N) is 7. The van der Waals surface area contributed by atoms with Crippen LogP contribution in [-0.4, -0.2) is 307 Å². The summed E-state index contributed by atoms with van der Waals surface area (Å²) in [5.74, 6) is -5.36. The van der Waals surface area contributed by atoms with Crippen LogP contribution in [0.15, 0.2) is 84.3 Å². The number of benzene rings is 2. The Kier molecular flexibility index (Phi) is 36.2. The number of ether oxygens (including phenoxy) is 13. The number of unbranched alkanes of at least 4 members (excludes halogenated alkanes) is 2. The molecule has 0 spiro atoms. The van der Waals surface area contributed by atoms with Crippen molar-refractivity contribution in [3.8, 4) is 11.6 Å². The third kappa shape index (κ3) is 27.5. The second-order valence-electron chi connectivity index (χ2n) is 26.7. The summed E-state index contributed by atoms with van der Waals surface area (Å²) in [6, 6.07) is 11.6. The predicted octanol–water partition coefficient (Wildman–Crippen LogP) is 1.51. The van der Waals surface area contributed by atoms with Crippen molar-refractivity contribution in [3.05, 3.63) is 107 Å². The molecule has 4 fully saturated rings. The number of fused-ring (bicyclic) bond motifs is 4. The molecule has 9 N–H and O–H groups in total. The van der Waals surface area contributed by atoms with Gasteiger partial charge in [-0.2, -0.15) is 4.98 Å². The highest BCUT2D eigenvalue weighted by Gasteiger charge is 2.54. The lowest BCUT2D eigenvalue weighted by Gasteiger charge is -2.38. The third-order valence-corrected chi connectivity index (χ3v) is 20.1. The van der Waals surface area contributed by atoms with Crippen molar-refractivity contribution < 1.29 is 148 Å². The van der Waals surface area contributed by atoms with E-state index in [0.29, 0.717) is 97.6 Å². The van der Waals surface area contributed by atoms with Crippen LogP contribution in [0.4, 0.5) is 16.4 Å². The first-order valence-corrected chi connectivity index (χ1v) is 39.8. The standard InChI is InChI=1S/C72H93N11O32P2/c1-99-21-22-101-25-26-103-29-30-105-33-34-106-32-31-104-28-27-102-24-23-100-20-19-81(72(96)107-39-44-10-11-50(112-70-62(91)60(89)61(90)64(113-70)69(94)95)49(35-44)77-54(85)14-17-74-53(84)9-3-2-6-18-82-56(86)12-13-57(82)87)38-45-7-4-5-8-48(45)66(92)79-71-78-65-58(67(93)80-71)76-43-83(65)68-63-59(88)52(111-68)41-109-116(97)114-51-37-47(110-55-15-16-73-42-75-55)36-46(51)40-108-117(98)115-63/h4-5,7-8,10-13,15-16,35,42-43,46-47,51-52,59-64,68,70,88-91H,2-3,6,9,14,17-34,36-41H2,1H3,(H3-2,74,77,78,79,80,84,85,92,93,94,95)/p+2/t46-,47-,51+,52-,59-,60+,61+,62-,63-,64+,68-,70-/m1/s1. The number of rotatable bonds is 46. The van der Waals surface area contributed by atoms with Crippen LogP contribution in [0.5, 0.6) is 11.6 Å². The Balaban J connectivity index is 0.783. The summed E-state index contributed by atoms with van der Waals surface area (Å²) < 4.78 is 124. The summed E-state index contributed by atoms with van der Waals surface area (Å²) in [4.78, 5) is 127. The van der Waals surface area contributed by atoms with Crippen LogP contribution in [0.2, 0.25) is 0 Å². The number of H-pyrrole nitrogens is 1. The molecule has 2 aromatic carbocycles. The third-order valence-electron chi connectivity index (χ3n) is 18.5. The molecule has 2 unspecified atom stereocenters. The van der Waals surface area contributed by atoms with Crippen molar-refractivity contribution >= 4 is 80.9 Å². The largest absolute Gasteiger partial charge is 0.697 e. The molecular formula is C72H95N11O32P2+2. The number of carboxylic acids is 1. The Bertz CT molecular complexity index is 4190. The van der Waals surface area contributed by atoms with Gasteiger partial charge in [0.1, 0.15) is 74.6 Å². The normalized spacial score (nSPS) is 23.4. The van der Waals surface area contributed by atoms with Crippen LogP contribution in [0, 0.1) is 5.92 Å². The van der Waals surface area contributed by atoms with Crippen molar-refractivity contribution in [2.45, 2.75) is 126 Å². The molecule has 4 aliphatic heterocycles. The van der Waals surface area contributed by atoms with Crippen molar-refractivity contribution in [1.82, 2.24) is 44.6 Å². The molecule has 45 heteroatoms. The van der Waals surface area contributed by atoms with E-state index >= 15 is 0 Å². The molecule has 10 rings (SSSR count). The zero-order chi connectivity index (χ0) is 83.0. The highest BCUT2D eigenvalue weighted by atomic mass is 31.1. The number of anilines is 2. The van der Waals surface area contributed by atoms with E-state index in [4.69, 9.17) is 79.7 Å². The number of aliphatic hydroxyl groups is 4. The van der Waals surface area contributed by atoms with E-state index in [9.17, 15) is 73.0 Å². The van der Waals surface area contributed by atoms with Crippen molar-refractivity contribution in [2.24, 2.45) is 5.92 Å². The SMILES string of the molecule is COCCOCCOCCOCCOCCOCCOCCOCCN(Cc1ccccc1C(=O)Nc1nc2c(ncn2[C@@H]2O[C@@H]3CO[P+](=O)O[C@H]4C[C@H](Oc5ccncn5)C[C@@H]4CO[P+](=O)O[C@@H]2[C@@H]3O)c(=O)[nH]1)C(=O)OCc1ccc(O[C@@H]2O[C@H](C(=O)O)[C@@H](O)[C@H](O)[C@H]2O)c(NC(=O)CCNC(=O)CCCCCN2C(=O)C=CC2=O)c1. The number of carbonyl (C=O) groups excluding carboxylic acids is 6. The molecule has 6 amide bonds. The first kappa shape index (κ1) is 90.3. The summed E-state index contributed by atoms with van der Waals surface area (Å²) in [6.07, 6.45) is -10.2. The Labute approximate surface area is 670 Å². The van der Waals surface area contributed by atoms with Gasteiger partial charge in [-0.05, 0) is 48.6 Å². The smallest absolute Gasteiger partial charge is 0.479 e. The number of amides is 6. The van der Waals surface area contributed by atoms with Gasteiger partial charge in [0.15, 0.2) is 29.6 Å². The topological polar surface area (TPSA) is 544 Å². The minimum absolute atomic E-state index is 0.0343. The Morgan fingerprint density at radius 3 is 2.03 bits per heavy atom. The Morgan fingerprint density at radius 2 is 1.35 bits per heavy atom. The van der Waals surface area contributed by atoms with Gasteiger partial charge in [0.25, 0.3) is 23.3 Å². The maximum Gasteiger partial charge on any atom is 0.697 e. The van der Waals surface area contributed by atoms with Gasteiger partial charge in [-0.1, -0.05) is 30.7 Å². The molecule has 1 saturated carbocycles. The lowest BCUT2D eigenvalue weighted by atomic mass is 9.99. The maximum atomic E-state index is 14.6. The number of aliphatic hydroxyl groups excluding tert-OH is 4. The van der Waals surface area contributed by atoms with E-state index in [1.54, 1.807) is 25.3 Å². The number of hydrogen-bond donors (Lipinski definition) is 9. The first-order chi connectivity index (χ1) is 56.7. The molecule has 638 valence electrons. The van der Waals surface area contributed by atoms with Crippen molar-refractivity contribution in [1.29, 1.82) is 0 Å². The van der Waals surface area contributed by atoms with Crippen LogP contribution in [-0.2, 0) is 116 Å². The number of carboxylic acid groups (broad SMARTS) is 1. The van der Waals surface area contributed by atoms with Gasteiger partial charge in [0, 0.05) is 97.6 Å². The van der Waals surface area contributed by atoms with Gasteiger partial charge in [-0.25, -0.2) is 24.5 Å². The number of aromatic nitrogens is 6. The summed E-state index contributed by atoms with van der Waals surface area (Å²) in [5, 5.41) is 61.1. The monoisotopic (exact) mass is 1690 g/mol. The number of aliphatic carboxylic acids is 1. The molecule has 117 heavy (non-hydrogen) atoms. The lowest BCUT2D eigenvalue weighted by molar-refractivity contribution is -0.271. The van der Waals surface area contributed by atoms with Gasteiger partial charge < -0.3 is 103 Å². The average Bonchev–Trinajstić information content (AvgIpc) is 1.61. The summed E-state index contributed by atoms with van der Waals surface area (Å²) in [7, 11) is -4.26. The average molecular weight is 1690 g/mol. The number of hydrogen-bond acceptors (Lipinski definition) is 35. The van der Waals surface area contributed by atoms with Crippen LogP contribution in [0.3, 0.4) is 0 Å². The highest BCUT2D eigenvalue weighted by molar-refractivity contribution is 7.33. The lowest BCUT2D eigenvalue weighted by Crippen LogP contribution is -2.61. The number of carbonyl (C=O) groups is 7. The molecule has 43 nitrogen and oxygen atoms in total. The van der Waals surface area contributed by atoms with Gasteiger partial charge in [0.05, 0.1) is 111 Å². The Morgan fingerprint density at radius 1 is 0.684 bits per heavy atom. The number of aromatic amines is 1. The van der Waals surface area contributed by atoms with Crippen molar-refractivity contribution in [2.75, 3.05) is 150 Å². The highest BCUT2D eigenvalue weighted by Crippen LogP contribution is 2.45. The number of imide groups is 1. The van der Waals surface area contributed by atoms with Gasteiger partial charge in [0.2, 0.25) is 29.9 Å². The van der Waals surface area contributed by atoms with E-state index in [1.165, 1.54) is 64.5 Å². The number of imidazole rings is 1. The number of methoxy groups -OCH3 is 1. The second-order valence-corrected chi connectivity index (χ2v) is 28.6. The molecule has 2 bridgehead atoms. The second kappa shape index (κ2) is 46.9. The molecule has 14 atom stereocenters. The molecule has 7 heterocycles. The molecule has 3 saturated heterocycles. The van der Waals surface area contributed by atoms with Gasteiger partial charge in [-0.3, -0.25) is 48.5 Å². The van der Waals surface area contributed by atoms with E-state index < -0.39 is 156 Å². The Hall–Kier alpha value is -9.02. The van der Waals surface area contributed by atoms with Crippen LogP contribution in [0.1, 0.15) is 72.7 Å². The van der Waals surface area contributed by atoms with Crippen LogP contribution >= 0.6 is 16.5 Å². The summed E-state index contributed by atoms with van der Waals surface area (Å²) >= 11 is 0. The zero-order valence-corrected chi connectivity index (χ0v) is 65.5. The molecule has 3 aromatic heterocycles. The fourth-order valence-corrected chi connectivity index (χ4v) is 14.1. The van der Waals surface area contributed by atoms with Crippen LogP contribution < -0.4 is 31.0 Å². The van der Waals surface area contributed by atoms with E-state index in [0.717, 1.165) is 11.2 Å². The van der Waals surface area contributed by atoms with Crippen molar-refractivity contribution in [3.63, 3.8) is 0 Å².